The summed E-state index contributed by atoms with van der Waals surface area (Å²) >= 11 is 13.8. The van der Waals surface area contributed by atoms with Crippen LogP contribution in [-0.4, -0.2) is 35.6 Å². The van der Waals surface area contributed by atoms with Crippen LogP contribution in [0.1, 0.15) is 24.0 Å². The van der Waals surface area contributed by atoms with E-state index in [2.05, 4.69) is 5.32 Å². The predicted molar refractivity (Wildman–Crippen MR) is 141 cm³/mol. The molecule has 0 saturated heterocycles. The quantitative estimate of drug-likeness (QED) is 0.243. The van der Waals surface area contributed by atoms with Gasteiger partial charge < -0.3 is 10.2 Å². The van der Waals surface area contributed by atoms with Crippen LogP contribution in [0.5, 0.6) is 0 Å². The molecule has 1 unspecified atom stereocenters. The van der Waals surface area contributed by atoms with E-state index in [-0.39, 0.29) is 11.8 Å². The SMILES string of the molecule is CNC(=O)C(Cc1ccccc1)N(Cc1cccc(Cl)c1)C(=O)CCCSc1ccc(Cl)cc1. The number of rotatable bonds is 11. The lowest BCUT2D eigenvalue weighted by atomic mass is 10.0. The summed E-state index contributed by atoms with van der Waals surface area (Å²) in [6.07, 6.45) is 1.49. The number of likely N-dealkylation sites (N-methyl/N-ethyl adjacent to an activating group) is 1. The molecule has 0 spiro atoms. The summed E-state index contributed by atoms with van der Waals surface area (Å²) < 4.78 is 0. The molecule has 178 valence electrons. The van der Waals surface area contributed by atoms with Gasteiger partial charge in [0.05, 0.1) is 0 Å². The minimum atomic E-state index is -0.622. The van der Waals surface area contributed by atoms with Crippen LogP contribution in [-0.2, 0) is 22.6 Å². The van der Waals surface area contributed by atoms with Crippen molar-refractivity contribution in [2.75, 3.05) is 12.8 Å². The van der Waals surface area contributed by atoms with Gasteiger partial charge in [0.2, 0.25) is 11.8 Å². The van der Waals surface area contributed by atoms with E-state index in [0.29, 0.717) is 35.9 Å². The fourth-order valence-corrected chi connectivity index (χ4v) is 4.83. The van der Waals surface area contributed by atoms with E-state index < -0.39 is 6.04 Å². The summed E-state index contributed by atoms with van der Waals surface area (Å²) in [5.41, 5.74) is 1.89. The average molecular weight is 516 g/mol. The number of hydrogen-bond donors (Lipinski definition) is 1. The molecule has 0 fully saturated rings. The van der Waals surface area contributed by atoms with Gasteiger partial charge in [0, 0.05) is 41.4 Å². The van der Waals surface area contributed by atoms with Crippen molar-refractivity contribution >= 4 is 46.8 Å². The van der Waals surface area contributed by atoms with E-state index in [0.717, 1.165) is 21.8 Å². The highest BCUT2D eigenvalue weighted by Crippen LogP contribution is 2.23. The molecule has 0 bridgehead atoms. The van der Waals surface area contributed by atoms with Crippen LogP contribution in [0.25, 0.3) is 0 Å². The predicted octanol–water partition coefficient (Wildman–Crippen LogP) is 6.25. The van der Waals surface area contributed by atoms with E-state index in [1.165, 1.54) is 0 Å². The molecular formula is C27H28Cl2N2O2S. The third-order valence-corrected chi connectivity index (χ3v) is 6.96. The summed E-state index contributed by atoms with van der Waals surface area (Å²) in [7, 11) is 1.60. The van der Waals surface area contributed by atoms with Crippen LogP contribution in [0.4, 0.5) is 0 Å². The van der Waals surface area contributed by atoms with Crippen molar-refractivity contribution in [3.8, 4) is 0 Å². The van der Waals surface area contributed by atoms with Gasteiger partial charge in [0.15, 0.2) is 0 Å². The Bertz CT molecular complexity index is 1080. The van der Waals surface area contributed by atoms with Crippen LogP contribution < -0.4 is 5.32 Å². The van der Waals surface area contributed by atoms with E-state index >= 15 is 0 Å². The first-order valence-corrected chi connectivity index (χ1v) is 12.9. The van der Waals surface area contributed by atoms with Crippen molar-refractivity contribution in [3.05, 3.63) is 100 Å². The number of carbonyl (C=O) groups is 2. The second-order valence-corrected chi connectivity index (χ2v) is 9.92. The highest BCUT2D eigenvalue weighted by Gasteiger charge is 2.29. The fourth-order valence-electron chi connectivity index (χ4n) is 3.64. The number of amides is 2. The highest BCUT2D eigenvalue weighted by atomic mass is 35.5. The molecule has 2 amide bonds. The van der Waals surface area contributed by atoms with Crippen LogP contribution in [0.3, 0.4) is 0 Å². The Balaban J connectivity index is 1.74. The number of benzene rings is 3. The van der Waals surface area contributed by atoms with Crippen molar-refractivity contribution in [2.45, 2.75) is 36.7 Å². The second kappa shape index (κ2) is 13.4. The van der Waals surface area contributed by atoms with Crippen molar-refractivity contribution in [1.82, 2.24) is 10.2 Å². The van der Waals surface area contributed by atoms with E-state index in [1.807, 2.05) is 72.8 Å². The number of nitrogens with zero attached hydrogens (tertiary/aromatic N) is 1. The lowest BCUT2D eigenvalue weighted by molar-refractivity contribution is -0.141. The zero-order valence-electron chi connectivity index (χ0n) is 19.0. The molecule has 0 radical (unpaired) electrons. The molecule has 4 nitrogen and oxygen atoms in total. The molecule has 34 heavy (non-hydrogen) atoms. The van der Waals surface area contributed by atoms with Crippen LogP contribution in [0.2, 0.25) is 10.0 Å². The van der Waals surface area contributed by atoms with Crippen molar-refractivity contribution in [1.29, 1.82) is 0 Å². The molecule has 0 aliphatic heterocycles. The zero-order chi connectivity index (χ0) is 24.3. The van der Waals surface area contributed by atoms with Gasteiger partial charge in [-0.3, -0.25) is 9.59 Å². The summed E-state index contributed by atoms with van der Waals surface area (Å²) in [5.74, 6) is 0.554. The third kappa shape index (κ3) is 8.08. The number of carbonyl (C=O) groups excluding carboxylic acids is 2. The van der Waals surface area contributed by atoms with Crippen molar-refractivity contribution in [2.24, 2.45) is 0 Å². The number of hydrogen-bond acceptors (Lipinski definition) is 3. The van der Waals surface area contributed by atoms with Gasteiger partial charge in [0.25, 0.3) is 0 Å². The lowest BCUT2D eigenvalue weighted by Gasteiger charge is -2.31. The largest absolute Gasteiger partial charge is 0.357 e. The summed E-state index contributed by atoms with van der Waals surface area (Å²) in [6, 6.07) is 24.2. The first kappa shape index (κ1) is 26.1. The number of halogens is 2. The minimum Gasteiger partial charge on any atom is -0.357 e. The Morgan fingerprint density at radius 1 is 0.912 bits per heavy atom. The lowest BCUT2D eigenvalue weighted by Crippen LogP contribution is -2.49. The molecular weight excluding hydrogens is 487 g/mol. The first-order valence-electron chi connectivity index (χ1n) is 11.1. The molecule has 0 heterocycles. The molecule has 3 aromatic carbocycles. The van der Waals surface area contributed by atoms with E-state index in [4.69, 9.17) is 23.2 Å². The van der Waals surface area contributed by atoms with Crippen LogP contribution >= 0.6 is 35.0 Å². The Morgan fingerprint density at radius 2 is 1.62 bits per heavy atom. The molecule has 7 heteroatoms. The number of nitrogens with one attached hydrogen (secondary N) is 1. The standard InChI is InChI=1S/C27H28Cl2N2O2S/c1-30-27(33)25(18-20-7-3-2-4-8-20)31(19-21-9-5-10-23(29)17-21)26(32)11-6-16-34-24-14-12-22(28)13-15-24/h2-5,7-10,12-15,17,25H,6,11,16,18-19H2,1H3,(H,30,33). The maximum absolute atomic E-state index is 13.4. The summed E-state index contributed by atoms with van der Waals surface area (Å²) in [5, 5.41) is 4.04. The Labute approximate surface area is 215 Å². The molecule has 3 aromatic rings. The maximum Gasteiger partial charge on any atom is 0.242 e. The van der Waals surface area contributed by atoms with Gasteiger partial charge in [-0.05, 0) is 59.7 Å². The van der Waals surface area contributed by atoms with Crippen molar-refractivity contribution < 1.29 is 9.59 Å². The second-order valence-electron chi connectivity index (χ2n) is 7.88. The van der Waals surface area contributed by atoms with Gasteiger partial charge >= 0.3 is 0 Å². The Kier molecular flexibility index (Phi) is 10.3. The monoisotopic (exact) mass is 514 g/mol. The maximum atomic E-state index is 13.4. The molecule has 0 saturated carbocycles. The van der Waals surface area contributed by atoms with E-state index in [1.54, 1.807) is 29.8 Å². The molecule has 1 N–H and O–H groups in total. The van der Waals surface area contributed by atoms with Crippen LogP contribution in [0.15, 0.2) is 83.8 Å². The van der Waals surface area contributed by atoms with Crippen LogP contribution in [0, 0.1) is 0 Å². The summed E-state index contributed by atoms with van der Waals surface area (Å²) in [6.45, 7) is 0.314. The Hall–Kier alpha value is -2.47. The zero-order valence-corrected chi connectivity index (χ0v) is 21.4. The average Bonchev–Trinajstić information content (AvgIpc) is 2.85. The third-order valence-electron chi connectivity index (χ3n) is 5.38. The minimum absolute atomic E-state index is 0.0544. The molecule has 1 atom stereocenters. The molecule has 0 aromatic heterocycles. The Morgan fingerprint density at radius 3 is 2.29 bits per heavy atom. The van der Waals surface area contributed by atoms with Gasteiger partial charge in [-0.2, -0.15) is 0 Å². The first-order chi connectivity index (χ1) is 16.5. The van der Waals surface area contributed by atoms with Gasteiger partial charge in [0.1, 0.15) is 6.04 Å². The van der Waals surface area contributed by atoms with Gasteiger partial charge in [-0.25, -0.2) is 0 Å². The smallest absolute Gasteiger partial charge is 0.242 e. The normalized spacial score (nSPS) is 11.6. The molecule has 3 rings (SSSR count). The van der Waals surface area contributed by atoms with Crippen molar-refractivity contribution in [3.63, 3.8) is 0 Å². The number of thioether (sulfide) groups is 1. The van der Waals surface area contributed by atoms with Gasteiger partial charge in [-0.15, -0.1) is 11.8 Å². The topological polar surface area (TPSA) is 49.4 Å². The molecule has 0 aliphatic carbocycles. The summed E-state index contributed by atoms with van der Waals surface area (Å²) in [4.78, 5) is 29.1. The van der Waals surface area contributed by atoms with E-state index in [9.17, 15) is 9.59 Å². The molecule has 0 aliphatic rings. The van der Waals surface area contributed by atoms with Gasteiger partial charge in [-0.1, -0.05) is 65.7 Å². The fraction of sp³-hybridized carbons (Fsp3) is 0.259. The highest BCUT2D eigenvalue weighted by molar-refractivity contribution is 7.99.